The van der Waals surface area contributed by atoms with Crippen LogP contribution in [0, 0.1) is 5.82 Å². The van der Waals surface area contributed by atoms with Gasteiger partial charge in [0, 0.05) is 50.5 Å². The van der Waals surface area contributed by atoms with Gasteiger partial charge in [-0.3, -0.25) is 14.6 Å². The first-order valence-electron chi connectivity index (χ1n) is 13.0. The van der Waals surface area contributed by atoms with E-state index in [0.29, 0.717) is 65.0 Å². The topological polar surface area (TPSA) is 82.2 Å². The Bertz CT molecular complexity index is 1330. The van der Waals surface area contributed by atoms with Crippen LogP contribution < -0.4 is 5.32 Å². The van der Waals surface area contributed by atoms with Crippen molar-refractivity contribution in [2.45, 2.75) is 19.4 Å². The van der Waals surface area contributed by atoms with E-state index in [4.69, 9.17) is 27.9 Å². The molecule has 0 aromatic heterocycles. The van der Waals surface area contributed by atoms with Gasteiger partial charge in [-0.15, -0.1) is 6.58 Å². The molecule has 4 rings (SSSR count). The second-order valence-electron chi connectivity index (χ2n) is 9.47. The van der Waals surface area contributed by atoms with Gasteiger partial charge in [-0.1, -0.05) is 41.4 Å². The highest BCUT2D eigenvalue weighted by Gasteiger charge is 2.39. The molecule has 2 aromatic rings. The van der Waals surface area contributed by atoms with E-state index in [1.54, 1.807) is 42.2 Å². The van der Waals surface area contributed by atoms with E-state index in [2.05, 4.69) is 16.8 Å². The van der Waals surface area contributed by atoms with Gasteiger partial charge in [0.15, 0.2) is 0 Å². The fraction of sp³-hybridized carbons (Fsp3) is 0.345. The predicted molar refractivity (Wildman–Crippen MR) is 152 cm³/mol. The summed E-state index contributed by atoms with van der Waals surface area (Å²) in [7, 11) is 0. The van der Waals surface area contributed by atoms with Crippen LogP contribution in [0.1, 0.15) is 35.3 Å². The summed E-state index contributed by atoms with van der Waals surface area (Å²) in [5.74, 6) is -1.26. The number of hydrogen-bond donors (Lipinski definition) is 1. The van der Waals surface area contributed by atoms with Crippen LogP contribution in [0.3, 0.4) is 0 Å². The highest BCUT2D eigenvalue weighted by molar-refractivity contribution is 6.42. The number of rotatable bonds is 8. The Morgan fingerprint density at radius 2 is 1.93 bits per heavy atom. The summed E-state index contributed by atoms with van der Waals surface area (Å²) in [6.07, 6.45) is 2.25. The summed E-state index contributed by atoms with van der Waals surface area (Å²) < 4.78 is 19.1. The van der Waals surface area contributed by atoms with Gasteiger partial charge in [0.25, 0.3) is 5.91 Å². The van der Waals surface area contributed by atoms with Crippen molar-refractivity contribution < 1.29 is 23.5 Å². The van der Waals surface area contributed by atoms with Crippen LogP contribution in [0.15, 0.2) is 66.4 Å². The quantitative estimate of drug-likeness (QED) is 0.345. The van der Waals surface area contributed by atoms with Gasteiger partial charge in [0.1, 0.15) is 5.82 Å². The van der Waals surface area contributed by atoms with Crippen LogP contribution in [0.4, 0.5) is 9.18 Å². The molecular formula is C29H31Cl2FN4O4. The molecule has 0 saturated carbocycles. The Morgan fingerprint density at radius 1 is 1.12 bits per heavy atom. The molecule has 1 atom stereocenters. The molecule has 0 spiro atoms. The molecule has 11 heteroatoms. The molecule has 40 heavy (non-hydrogen) atoms. The van der Waals surface area contributed by atoms with Gasteiger partial charge < -0.3 is 15.0 Å². The number of carbonyl (C=O) groups is 3. The fourth-order valence-electron chi connectivity index (χ4n) is 4.94. The number of carbonyl (C=O) groups excluding carboxylic acids is 3. The zero-order valence-electron chi connectivity index (χ0n) is 22.2. The van der Waals surface area contributed by atoms with E-state index >= 15 is 0 Å². The van der Waals surface area contributed by atoms with Crippen LogP contribution >= 0.6 is 23.2 Å². The summed E-state index contributed by atoms with van der Waals surface area (Å²) in [6.45, 7) is 8.09. The minimum absolute atomic E-state index is 0.153. The summed E-state index contributed by atoms with van der Waals surface area (Å²) in [4.78, 5) is 45.0. The van der Waals surface area contributed by atoms with Gasteiger partial charge in [-0.25, -0.2) is 14.0 Å². The maximum Gasteiger partial charge on any atom is 0.338 e. The Kier molecular flexibility index (Phi) is 9.84. The average molecular weight is 589 g/mol. The molecule has 2 heterocycles. The van der Waals surface area contributed by atoms with Crippen LogP contribution in [0.25, 0.3) is 0 Å². The average Bonchev–Trinajstić information content (AvgIpc) is 3.17. The number of nitrogens with one attached hydrogen (secondary N) is 1. The first-order valence-corrected chi connectivity index (χ1v) is 13.8. The lowest BCUT2D eigenvalue weighted by Gasteiger charge is -2.38. The molecule has 2 aliphatic rings. The maximum atomic E-state index is 13.7. The number of halogens is 3. The molecule has 2 aliphatic heterocycles. The minimum atomic E-state index is -0.810. The van der Waals surface area contributed by atoms with Gasteiger partial charge in [0.05, 0.1) is 28.3 Å². The number of esters is 1. The Labute approximate surface area is 243 Å². The molecule has 0 bridgehead atoms. The lowest BCUT2D eigenvalue weighted by atomic mass is 9.94. The van der Waals surface area contributed by atoms with Crippen molar-refractivity contribution >= 4 is 41.1 Å². The smallest absolute Gasteiger partial charge is 0.338 e. The fourth-order valence-corrected chi connectivity index (χ4v) is 5.24. The zero-order valence-corrected chi connectivity index (χ0v) is 23.7. The lowest BCUT2D eigenvalue weighted by molar-refractivity contribution is -0.139. The molecule has 1 saturated heterocycles. The summed E-state index contributed by atoms with van der Waals surface area (Å²) in [6, 6.07) is 9.40. The second-order valence-corrected chi connectivity index (χ2v) is 10.3. The van der Waals surface area contributed by atoms with E-state index < -0.39 is 23.9 Å². The number of nitrogens with zero attached hydrogens (tertiary/aromatic N) is 3. The van der Waals surface area contributed by atoms with Gasteiger partial charge in [-0.2, -0.15) is 0 Å². The van der Waals surface area contributed by atoms with Crippen molar-refractivity contribution in [3.63, 3.8) is 0 Å². The molecular weight excluding hydrogens is 558 g/mol. The van der Waals surface area contributed by atoms with Crippen LogP contribution in [-0.2, 0) is 9.53 Å². The monoisotopic (exact) mass is 588 g/mol. The molecule has 8 nitrogen and oxygen atoms in total. The number of amides is 3. The Morgan fingerprint density at radius 3 is 2.62 bits per heavy atom. The predicted octanol–water partition coefficient (Wildman–Crippen LogP) is 5.05. The summed E-state index contributed by atoms with van der Waals surface area (Å²) in [5.41, 5.74) is 1.66. The first-order chi connectivity index (χ1) is 19.2. The van der Waals surface area contributed by atoms with Crippen molar-refractivity contribution in [3.05, 3.63) is 93.4 Å². The minimum Gasteiger partial charge on any atom is -0.463 e. The van der Waals surface area contributed by atoms with Crippen LogP contribution in [0.5, 0.6) is 0 Å². The molecule has 1 unspecified atom stereocenters. The van der Waals surface area contributed by atoms with Crippen molar-refractivity contribution in [1.82, 2.24) is 20.0 Å². The third kappa shape index (κ3) is 6.66. The van der Waals surface area contributed by atoms with E-state index in [1.807, 2.05) is 0 Å². The van der Waals surface area contributed by atoms with Crippen molar-refractivity contribution in [2.24, 2.45) is 0 Å². The highest BCUT2D eigenvalue weighted by atomic mass is 35.5. The number of urea groups is 1. The van der Waals surface area contributed by atoms with Gasteiger partial charge >= 0.3 is 12.0 Å². The number of ether oxygens (including phenoxy) is 1. The summed E-state index contributed by atoms with van der Waals surface area (Å²) in [5, 5.41) is 3.55. The third-order valence-corrected chi connectivity index (χ3v) is 7.58. The molecule has 212 valence electrons. The highest BCUT2D eigenvalue weighted by Crippen LogP contribution is 2.35. The van der Waals surface area contributed by atoms with Crippen molar-refractivity contribution in [1.29, 1.82) is 0 Å². The molecule has 3 amide bonds. The standard InChI is InChI=1S/C29H31Cl2FN4O4/c1-3-11-36-24(18-34-12-6-13-35(15-14-34)27(37)20-7-5-8-21(32)16-20)25(28(38)40-4-2)26(33-29(36)39)19-9-10-22(30)23(31)17-19/h3,5,7-10,16-17,26H,1,4,6,11-15,18H2,2H3,(H,33,39). The van der Waals surface area contributed by atoms with Gasteiger partial charge in [0.2, 0.25) is 0 Å². The van der Waals surface area contributed by atoms with Crippen LogP contribution in [0.2, 0.25) is 10.0 Å². The lowest BCUT2D eigenvalue weighted by Crippen LogP contribution is -2.51. The Hall–Kier alpha value is -3.40. The summed E-state index contributed by atoms with van der Waals surface area (Å²) >= 11 is 12.4. The van der Waals surface area contributed by atoms with Crippen molar-refractivity contribution in [3.8, 4) is 0 Å². The third-order valence-electron chi connectivity index (χ3n) is 6.84. The van der Waals surface area contributed by atoms with E-state index in [1.165, 1.54) is 23.1 Å². The zero-order chi connectivity index (χ0) is 28.8. The van der Waals surface area contributed by atoms with Crippen LogP contribution in [-0.4, -0.2) is 78.5 Å². The van der Waals surface area contributed by atoms with E-state index in [0.717, 1.165) is 0 Å². The molecule has 1 fully saturated rings. The van der Waals surface area contributed by atoms with E-state index in [9.17, 15) is 18.8 Å². The SMILES string of the molecule is C=CCN1C(=O)NC(c2ccc(Cl)c(Cl)c2)C(C(=O)OCC)=C1CN1CCCN(C(=O)c2cccc(F)c2)CC1. The van der Waals surface area contributed by atoms with E-state index in [-0.39, 0.29) is 25.6 Å². The Balaban J connectivity index is 1.66. The first kappa shape index (κ1) is 29.6. The van der Waals surface area contributed by atoms with Crippen molar-refractivity contribution in [2.75, 3.05) is 45.9 Å². The number of hydrogen-bond acceptors (Lipinski definition) is 5. The maximum absolute atomic E-state index is 13.7. The molecule has 0 aliphatic carbocycles. The molecule has 0 radical (unpaired) electrons. The molecule has 2 aromatic carbocycles. The second kappa shape index (κ2) is 13.3. The molecule has 1 N–H and O–H groups in total. The largest absolute Gasteiger partial charge is 0.463 e. The number of benzene rings is 2. The normalized spacial score (nSPS) is 18.3. The van der Waals surface area contributed by atoms with Gasteiger partial charge in [-0.05, 0) is 49.2 Å².